The average molecular weight is 438 g/mol. The van der Waals surface area contributed by atoms with Gasteiger partial charge in [0.1, 0.15) is 16.8 Å². The standard InChI is InChI=1S/C24H24FN3O2S/c25-18-8-4-5-9-19(18)27-24-28(20-12-17(20)16-10-11-16)23(30)21(31-24)13-22(29)26-14-15-6-2-1-3-7-15/h1-9,16-17,20-21H,10-14H2,(H,26,29)/t17-,20+,21?/m0/s1. The Morgan fingerprint density at radius 2 is 1.87 bits per heavy atom. The van der Waals surface area contributed by atoms with Crippen LogP contribution in [0.1, 0.15) is 31.2 Å². The fourth-order valence-electron chi connectivity index (χ4n) is 4.21. The first-order valence-corrected chi connectivity index (χ1v) is 11.6. The Bertz CT molecular complexity index is 1020. The number of carbonyl (C=O) groups excluding carboxylic acids is 2. The Morgan fingerprint density at radius 1 is 1.13 bits per heavy atom. The molecular weight excluding hydrogens is 413 g/mol. The van der Waals surface area contributed by atoms with Crippen molar-refractivity contribution in [1.29, 1.82) is 0 Å². The van der Waals surface area contributed by atoms with E-state index in [2.05, 4.69) is 10.3 Å². The molecular formula is C24H24FN3O2S. The van der Waals surface area contributed by atoms with Gasteiger partial charge < -0.3 is 5.32 Å². The first-order valence-electron chi connectivity index (χ1n) is 10.7. The van der Waals surface area contributed by atoms with E-state index in [0.717, 1.165) is 12.0 Å². The van der Waals surface area contributed by atoms with Crippen LogP contribution in [-0.4, -0.2) is 33.2 Å². The summed E-state index contributed by atoms with van der Waals surface area (Å²) in [7, 11) is 0. The van der Waals surface area contributed by atoms with Crippen molar-refractivity contribution in [3.05, 3.63) is 66.0 Å². The number of halogens is 1. The third-order valence-electron chi connectivity index (χ3n) is 6.10. The van der Waals surface area contributed by atoms with Crippen LogP contribution < -0.4 is 5.32 Å². The van der Waals surface area contributed by atoms with Gasteiger partial charge in [-0.3, -0.25) is 14.5 Å². The minimum absolute atomic E-state index is 0.0805. The lowest BCUT2D eigenvalue weighted by atomic mass is 10.2. The number of nitrogens with one attached hydrogen (secondary N) is 1. The van der Waals surface area contributed by atoms with Crippen LogP contribution in [0.5, 0.6) is 0 Å². The predicted molar refractivity (Wildman–Crippen MR) is 119 cm³/mol. The highest BCUT2D eigenvalue weighted by Crippen LogP contribution is 2.54. The number of hydrogen-bond donors (Lipinski definition) is 1. The van der Waals surface area contributed by atoms with Gasteiger partial charge in [0.05, 0.1) is 0 Å². The van der Waals surface area contributed by atoms with Crippen LogP contribution >= 0.6 is 11.8 Å². The summed E-state index contributed by atoms with van der Waals surface area (Å²) >= 11 is 1.28. The monoisotopic (exact) mass is 437 g/mol. The molecule has 0 bridgehead atoms. The molecule has 2 saturated carbocycles. The van der Waals surface area contributed by atoms with Crippen LogP contribution in [0, 0.1) is 17.7 Å². The number of amidine groups is 1. The zero-order valence-electron chi connectivity index (χ0n) is 17.0. The smallest absolute Gasteiger partial charge is 0.242 e. The molecule has 5 rings (SSSR count). The Kier molecular flexibility index (Phi) is 5.52. The summed E-state index contributed by atoms with van der Waals surface area (Å²) in [5.74, 6) is 0.549. The number of carbonyl (C=O) groups is 2. The second kappa shape index (κ2) is 8.46. The minimum Gasteiger partial charge on any atom is -0.352 e. The summed E-state index contributed by atoms with van der Waals surface area (Å²) in [6, 6.07) is 16.1. The second-order valence-corrected chi connectivity index (χ2v) is 9.60. The quantitative estimate of drug-likeness (QED) is 0.704. The molecule has 1 aliphatic heterocycles. The molecule has 1 saturated heterocycles. The van der Waals surface area contributed by atoms with Crippen LogP contribution in [0.2, 0.25) is 0 Å². The van der Waals surface area contributed by atoms with E-state index in [9.17, 15) is 14.0 Å². The number of hydrogen-bond acceptors (Lipinski definition) is 4. The van der Waals surface area contributed by atoms with E-state index in [1.54, 1.807) is 23.1 Å². The molecule has 1 unspecified atom stereocenters. The van der Waals surface area contributed by atoms with Crippen LogP contribution in [0.15, 0.2) is 59.6 Å². The van der Waals surface area contributed by atoms with E-state index in [4.69, 9.17) is 0 Å². The third-order valence-corrected chi connectivity index (χ3v) is 7.25. The maximum Gasteiger partial charge on any atom is 0.242 e. The number of rotatable bonds is 7. The molecule has 5 nitrogen and oxygen atoms in total. The molecule has 1 heterocycles. The molecule has 3 atom stereocenters. The minimum atomic E-state index is -0.526. The van der Waals surface area contributed by atoms with Gasteiger partial charge in [-0.1, -0.05) is 54.2 Å². The maximum atomic E-state index is 14.2. The van der Waals surface area contributed by atoms with Crippen LogP contribution in [-0.2, 0) is 16.1 Å². The van der Waals surface area contributed by atoms with Gasteiger partial charge in [0, 0.05) is 19.0 Å². The lowest BCUT2D eigenvalue weighted by Crippen LogP contribution is -2.37. The Balaban J connectivity index is 1.30. The van der Waals surface area contributed by atoms with Crippen molar-refractivity contribution in [1.82, 2.24) is 10.2 Å². The largest absolute Gasteiger partial charge is 0.352 e. The topological polar surface area (TPSA) is 61.8 Å². The van der Waals surface area contributed by atoms with Crippen molar-refractivity contribution in [2.45, 2.75) is 43.5 Å². The van der Waals surface area contributed by atoms with E-state index in [0.29, 0.717) is 23.5 Å². The molecule has 3 fully saturated rings. The molecule has 160 valence electrons. The molecule has 31 heavy (non-hydrogen) atoms. The van der Waals surface area contributed by atoms with E-state index >= 15 is 0 Å². The Morgan fingerprint density at radius 3 is 2.61 bits per heavy atom. The molecule has 7 heteroatoms. The zero-order chi connectivity index (χ0) is 21.4. The normalized spacial score (nSPS) is 26.4. The summed E-state index contributed by atoms with van der Waals surface area (Å²) in [5.41, 5.74) is 1.23. The molecule has 2 aromatic carbocycles. The highest BCUT2D eigenvalue weighted by Gasteiger charge is 2.56. The summed E-state index contributed by atoms with van der Waals surface area (Å²) in [4.78, 5) is 32.0. The van der Waals surface area contributed by atoms with Gasteiger partial charge in [0.15, 0.2) is 5.17 Å². The fraction of sp³-hybridized carbons (Fsp3) is 0.375. The first kappa shape index (κ1) is 20.2. The molecule has 3 aliphatic rings. The van der Waals surface area contributed by atoms with Crippen molar-refractivity contribution >= 4 is 34.4 Å². The third kappa shape index (κ3) is 4.51. The van der Waals surface area contributed by atoms with Gasteiger partial charge in [-0.25, -0.2) is 9.38 Å². The van der Waals surface area contributed by atoms with Crippen molar-refractivity contribution in [2.75, 3.05) is 0 Å². The fourth-order valence-corrected chi connectivity index (χ4v) is 5.40. The highest BCUT2D eigenvalue weighted by molar-refractivity contribution is 8.15. The van der Waals surface area contributed by atoms with E-state index in [1.807, 2.05) is 30.3 Å². The van der Waals surface area contributed by atoms with E-state index < -0.39 is 11.1 Å². The molecule has 2 aromatic rings. The summed E-state index contributed by atoms with van der Waals surface area (Å²) in [6.45, 7) is 0.428. The maximum absolute atomic E-state index is 14.2. The van der Waals surface area contributed by atoms with Gasteiger partial charge in [-0.05, 0) is 48.8 Å². The summed E-state index contributed by atoms with van der Waals surface area (Å²) in [6.07, 6.45) is 3.51. The number of nitrogens with zero attached hydrogens (tertiary/aromatic N) is 2. The zero-order valence-corrected chi connectivity index (χ0v) is 17.9. The number of thioether (sulfide) groups is 1. The van der Waals surface area contributed by atoms with Gasteiger partial charge in [0.25, 0.3) is 0 Å². The molecule has 0 spiro atoms. The summed E-state index contributed by atoms with van der Waals surface area (Å²) < 4.78 is 14.2. The second-order valence-electron chi connectivity index (χ2n) is 8.43. The SMILES string of the molecule is O=C(CC1SC(=Nc2ccccc2F)N([C@@H]2C[C@H]2C2CC2)C1=O)NCc1ccccc1. The molecule has 1 N–H and O–H groups in total. The number of para-hydroxylation sites is 1. The summed E-state index contributed by atoms with van der Waals surface area (Å²) in [5, 5.41) is 2.89. The average Bonchev–Trinajstić information content (AvgIpc) is 3.68. The van der Waals surface area contributed by atoms with Gasteiger partial charge in [-0.2, -0.15) is 0 Å². The van der Waals surface area contributed by atoms with Crippen LogP contribution in [0.3, 0.4) is 0 Å². The Labute approximate surface area is 185 Å². The molecule has 2 amide bonds. The lowest BCUT2D eigenvalue weighted by Gasteiger charge is -2.17. The number of amides is 2. The van der Waals surface area contributed by atoms with E-state index in [-0.39, 0.29) is 30.0 Å². The molecule has 2 aliphatic carbocycles. The van der Waals surface area contributed by atoms with Crippen molar-refractivity contribution in [3.8, 4) is 0 Å². The van der Waals surface area contributed by atoms with Gasteiger partial charge in [-0.15, -0.1) is 0 Å². The van der Waals surface area contributed by atoms with Gasteiger partial charge >= 0.3 is 0 Å². The lowest BCUT2D eigenvalue weighted by molar-refractivity contribution is -0.129. The molecule has 0 aromatic heterocycles. The predicted octanol–water partition coefficient (Wildman–Crippen LogP) is 4.26. The number of benzene rings is 2. The highest BCUT2D eigenvalue weighted by atomic mass is 32.2. The van der Waals surface area contributed by atoms with Crippen molar-refractivity contribution in [2.24, 2.45) is 16.8 Å². The van der Waals surface area contributed by atoms with Crippen molar-refractivity contribution < 1.29 is 14.0 Å². The van der Waals surface area contributed by atoms with Crippen LogP contribution in [0.25, 0.3) is 0 Å². The Hall–Kier alpha value is -2.67. The molecule has 0 radical (unpaired) electrons. The number of aliphatic imine (C=N–C) groups is 1. The van der Waals surface area contributed by atoms with E-state index in [1.165, 1.54) is 30.7 Å². The van der Waals surface area contributed by atoms with Crippen molar-refractivity contribution in [3.63, 3.8) is 0 Å². The first-order chi connectivity index (χ1) is 15.1. The van der Waals surface area contributed by atoms with Crippen LogP contribution in [0.4, 0.5) is 10.1 Å². The van der Waals surface area contributed by atoms with Gasteiger partial charge in [0.2, 0.25) is 11.8 Å².